The molecule has 0 saturated heterocycles. The molecule has 0 radical (unpaired) electrons. The Balaban J connectivity index is 2.86. The van der Waals surface area contributed by atoms with Crippen molar-refractivity contribution in [1.29, 1.82) is 0 Å². The summed E-state index contributed by atoms with van der Waals surface area (Å²) in [6.45, 7) is 14.6. The normalized spacial score (nSPS) is 15.5. The van der Waals surface area contributed by atoms with Crippen LogP contribution in [0.2, 0.25) is 0 Å². The summed E-state index contributed by atoms with van der Waals surface area (Å²) in [7, 11) is 2.26. The Labute approximate surface area is 131 Å². The van der Waals surface area contributed by atoms with Crippen molar-refractivity contribution in [1.82, 2.24) is 10.2 Å². The first-order valence-corrected chi connectivity index (χ1v) is 8.22. The summed E-state index contributed by atoms with van der Waals surface area (Å²) in [5, 5.41) is 3.67. The van der Waals surface area contributed by atoms with Crippen LogP contribution in [-0.4, -0.2) is 30.1 Å². The van der Waals surface area contributed by atoms with Crippen molar-refractivity contribution in [3.05, 3.63) is 35.9 Å². The van der Waals surface area contributed by atoms with Gasteiger partial charge in [0, 0.05) is 24.2 Å². The predicted octanol–water partition coefficient (Wildman–Crippen LogP) is 4.48. The lowest BCUT2D eigenvalue weighted by Crippen LogP contribution is -2.44. The van der Waals surface area contributed by atoms with Crippen LogP contribution in [0.3, 0.4) is 0 Å². The van der Waals surface area contributed by atoms with Crippen LogP contribution in [0.4, 0.5) is 0 Å². The zero-order chi connectivity index (χ0) is 16.0. The van der Waals surface area contributed by atoms with Crippen LogP contribution in [0.15, 0.2) is 30.3 Å². The minimum atomic E-state index is 0.148. The first kappa shape index (κ1) is 18.2. The van der Waals surface area contributed by atoms with Crippen molar-refractivity contribution in [2.45, 2.75) is 65.6 Å². The van der Waals surface area contributed by atoms with Gasteiger partial charge in [0.05, 0.1) is 0 Å². The van der Waals surface area contributed by atoms with Gasteiger partial charge in [0.1, 0.15) is 0 Å². The Morgan fingerprint density at radius 3 is 2.10 bits per heavy atom. The maximum atomic E-state index is 3.67. The van der Waals surface area contributed by atoms with Gasteiger partial charge in [-0.2, -0.15) is 0 Å². The fraction of sp³-hybridized carbons (Fsp3) is 0.684. The second kappa shape index (κ2) is 7.95. The fourth-order valence-electron chi connectivity index (χ4n) is 2.73. The van der Waals surface area contributed by atoms with Crippen LogP contribution in [-0.2, 0) is 0 Å². The lowest BCUT2D eigenvalue weighted by molar-refractivity contribution is 0.155. The molecule has 0 saturated carbocycles. The van der Waals surface area contributed by atoms with E-state index in [4.69, 9.17) is 0 Å². The minimum absolute atomic E-state index is 0.148. The van der Waals surface area contributed by atoms with E-state index in [1.54, 1.807) is 0 Å². The standard InChI is InChI=1S/C19H34N2/c1-15(2)13-16(3)21(7)18(14-20-19(4,5)6)17-11-9-8-10-12-17/h8-12,15-16,18,20H,13-14H2,1-7H3. The van der Waals surface area contributed by atoms with E-state index in [0.717, 1.165) is 12.5 Å². The monoisotopic (exact) mass is 290 g/mol. The van der Waals surface area contributed by atoms with Crippen molar-refractivity contribution in [2.75, 3.05) is 13.6 Å². The summed E-state index contributed by atoms with van der Waals surface area (Å²) in [5.74, 6) is 0.731. The van der Waals surface area contributed by atoms with Gasteiger partial charge in [-0.1, -0.05) is 44.2 Å². The molecule has 21 heavy (non-hydrogen) atoms. The first-order valence-electron chi connectivity index (χ1n) is 8.22. The van der Waals surface area contributed by atoms with Crippen LogP contribution >= 0.6 is 0 Å². The molecule has 0 aromatic heterocycles. The molecule has 1 rings (SSSR count). The molecule has 0 aliphatic carbocycles. The zero-order valence-electron chi connectivity index (χ0n) is 15.0. The van der Waals surface area contributed by atoms with Crippen LogP contribution in [0, 0.1) is 5.92 Å². The van der Waals surface area contributed by atoms with E-state index in [1.165, 1.54) is 12.0 Å². The summed E-state index contributed by atoms with van der Waals surface area (Å²) in [6, 6.07) is 11.9. The highest BCUT2D eigenvalue weighted by Gasteiger charge is 2.23. The van der Waals surface area contributed by atoms with E-state index >= 15 is 0 Å². The molecule has 2 atom stereocenters. The van der Waals surface area contributed by atoms with Gasteiger partial charge in [0.2, 0.25) is 0 Å². The molecule has 1 aromatic rings. The van der Waals surface area contributed by atoms with Crippen molar-refractivity contribution in [3.8, 4) is 0 Å². The maximum absolute atomic E-state index is 3.67. The van der Waals surface area contributed by atoms with Gasteiger partial charge in [-0.3, -0.25) is 4.90 Å². The number of nitrogens with zero attached hydrogens (tertiary/aromatic N) is 1. The van der Waals surface area contributed by atoms with E-state index in [0.29, 0.717) is 12.1 Å². The van der Waals surface area contributed by atoms with Gasteiger partial charge in [-0.05, 0) is 52.6 Å². The average molecular weight is 290 g/mol. The first-order chi connectivity index (χ1) is 9.70. The number of benzene rings is 1. The number of likely N-dealkylation sites (N-methyl/N-ethyl adjacent to an activating group) is 1. The smallest absolute Gasteiger partial charge is 0.0472 e. The SMILES string of the molecule is CC(C)CC(C)N(C)C(CNC(C)(C)C)c1ccccc1. The molecule has 2 nitrogen and oxygen atoms in total. The van der Waals surface area contributed by atoms with Gasteiger partial charge >= 0.3 is 0 Å². The second-order valence-corrected chi connectivity index (χ2v) is 7.70. The third-order valence-electron chi connectivity index (χ3n) is 4.01. The molecule has 120 valence electrons. The van der Waals surface area contributed by atoms with Gasteiger partial charge < -0.3 is 5.32 Å². The van der Waals surface area contributed by atoms with Gasteiger partial charge in [0.25, 0.3) is 0 Å². The summed E-state index contributed by atoms with van der Waals surface area (Å²) in [5.41, 5.74) is 1.54. The number of hydrogen-bond donors (Lipinski definition) is 1. The van der Waals surface area contributed by atoms with Gasteiger partial charge in [0.15, 0.2) is 0 Å². The molecule has 1 aromatic carbocycles. The summed E-state index contributed by atoms with van der Waals surface area (Å²) >= 11 is 0. The molecule has 0 heterocycles. The minimum Gasteiger partial charge on any atom is -0.310 e. The molecule has 0 spiro atoms. The molecule has 0 fully saturated rings. The fourth-order valence-corrected chi connectivity index (χ4v) is 2.73. The average Bonchev–Trinajstić information content (AvgIpc) is 2.37. The van der Waals surface area contributed by atoms with E-state index in [2.05, 4.69) is 89.1 Å². The Hall–Kier alpha value is -0.860. The molecule has 0 bridgehead atoms. The van der Waals surface area contributed by atoms with Gasteiger partial charge in [-0.15, -0.1) is 0 Å². The van der Waals surface area contributed by atoms with Crippen molar-refractivity contribution < 1.29 is 0 Å². The lowest BCUT2D eigenvalue weighted by Gasteiger charge is -2.36. The van der Waals surface area contributed by atoms with Crippen LogP contribution < -0.4 is 5.32 Å². The molecule has 0 aliphatic rings. The molecule has 2 heteroatoms. The quantitative estimate of drug-likeness (QED) is 0.796. The van der Waals surface area contributed by atoms with E-state index in [9.17, 15) is 0 Å². The zero-order valence-corrected chi connectivity index (χ0v) is 15.0. The summed E-state index contributed by atoms with van der Waals surface area (Å²) < 4.78 is 0. The third kappa shape index (κ3) is 6.62. The van der Waals surface area contributed by atoms with Crippen molar-refractivity contribution >= 4 is 0 Å². The highest BCUT2D eigenvalue weighted by atomic mass is 15.2. The largest absolute Gasteiger partial charge is 0.310 e. The van der Waals surface area contributed by atoms with Gasteiger partial charge in [-0.25, -0.2) is 0 Å². The number of rotatable bonds is 7. The number of hydrogen-bond acceptors (Lipinski definition) is 2. The second-order valence-electron chi connectivity index (χ2n) is 7.70. The topological polar surface area (TPSA) is 15.3 Å². The van der Waals surface area contributed by atoms with Crippen molar-refractivity contribution in [3.63, 3.8) is 0 Å². The van der Waals surface area contributed by atoms with E-state index in [-0.39, 0.29) is 5.54 Å². The lowest BCUT2D eigenvalue weighted by atomic mass is 9.98. The number of nitrogens with one attached hydrogen (secondary N) is 1. The Morgan fingerprint density at radius 2 is 1.62 bits per heavy atom. The summed E-state index contributed by atoms with van der Waals surface area (Å²) in [6.07, 6.45) is 1.23. The molecule has 0 aliphatic heterocycles. The molecule has 1 N–H and O–H groups in total. The maximum Gasteiger partial charge on any atom is 0.0472 e. The summed E-state index contributed by atoms with van der Waals surface area (Å²) in [4.78, 5) is 2.52. The predicted molar refractivity (Wildman–Crippen MR) is 93.6 cm³/mol. The molecular weight excluding hydrogens is 256 g/mol. The van der Waals surface area contributed by atoms with Crippen molar-refractivity contribution in [2.24, 2.45) is 5.92 Å². The van der Waals surface area contributed by atoms with Crippen LogP contribution in [0.1, 0.15) is 59.6 Å². The highest BCUT2D eigenvalue weighted by Crippen LogP contribution is 2.24. The van der Waals surface area contributed by atoms with Crippen LogP contribution in [0.25, 0.3) is 0 Å². The molecular formula is C19H34N2. The molecule has 0 amide bonds. The Kier molecular flexibility index (Phi) is 6.89. The van der Waals surface area contributed by atoms with Crippen LogP contribution in [0.5, 0.6) is 0 Å². The van der Waals surface area contributed by atoms with E-state index < -0.39 is 0 Å². The third-order valence-corrected chi connectivity index (χ3v) is 4.01. The molecule has 2 unspecified atom stereocenters. The Morgan fingerprint density at radius 1 is 1.05 bits per heavy atom. The Bertz CT molecular complexity index is 392. The van der Waals surface area contributed by atoms with E-state index in [1.807, 2.05) is 0 Å². The highest BCUT2D eigenvalue weighted by molar-refractivity contribution is 5.19.